The Balaban J connectivity index is 2.34. The number of benzene rings is 1. The number of alkyl halides is 3. The van der Waals surface area contributed by atoms with Crippen molar-refractivity contribution in [3.63, 3.8) is 0 Å². The van der Waals surface area contributed by atoms with Crippen LogP contribution in [0.4, 0.5) is 13.2 Å². The number of aryl methyl sites for hydroxylation is 2. The van der Waals surface area contributed by atoms with E-state index in [0.717, 1.165) is 16.7 Å². The van der Waals surface area contributed by atoms with E-state index in [4.69, 9.17) is 0 Å². The highest BCUT2D eigenvalue weighted by molar-refractivity contribution is 5.33. The van der Waals surface area contributed by atoms with Crippen molar-refractivity contribution in [3.05, 3.63) is 34.9 Å². The summed E-state index contributed by atoms with van der Waals surface area (Å²) in [6.07, 6.45) is -3.32. The van der Waals surface area contributed by atoms with Crippen LogP contribution >= 0.6 is 0 Å². The Kier molecular flexibility index (Phi) is 3.66. The van der Waals surface area contributed by atoms with Crippen LogP contribution in [0.25, 0.3) is 0 Å². The predicted octanol–water partition coefficient (Wildman–Crippen LogP) is 3.91. The van der Waals surface area contributed by atoms with E-state index in [2.05, 4.69) is 5.32 Å². The SMILES string of the molecule is Cc1ccc(C2NCCCC2C(F)(F)F)c(C)c1. The van der Waals surface area contributed by atoms with Crippen LogP contribution in [0.5, 0.6) is 0 Å². The summed E-state index contributed by atoms with van der Waals surface area (Å²) in [5, 5.41) is 3.03. The number of halogens is 3. The van der Waals surface area contributed by atoms with Crippen molar-refractivity contribution in [1.29, 1.82) is 0 Å². The molecule has 1 heterocycles. The Bertz CT molecular complexity index is 426. The van der Waals surface area contributed by atoms with Crippen LogP contribution in [0, 0.1) is 19.8 Å². The first-order valence-corrected chi connectivity index (χ1v) is 6.27. The molecule has 2 atom stereocenters. The Labute approximate surface area is 105 Å². The Morgan fingerprint density at radius 1 is 1.22 bits per heavy atom. The summed E-state index contributed by atoms with van der Waals surface area (Å²) >= 11 is 0. The largest absolute Gasteiger partial charge is 0.393 e. The number of hydrogen-bond acceptors (Lipinski definition) is 1. The Morgan fingerprint density at radius 2 is 1.94 bits per heavy atom. The van der Waals surface area contributed by atoms with Gasteiger partial charge in [0.25, 0.3) is 0 Å². The number of nitrogens with one attached hydrogen (secondary N) is 1. The average molecular weight is 257 g/mol. The predicted molar refractivity (Wildman–Crippen MR) is 65.4 cm³/mol. The molecule has 4 heteroatoms. The average Bonchev–Trinajstić information content (AvgIpc) is 2.28. The van der Waals surface area contributed by atoms with Gasteiger partial charge < -0.3 is 5.32 Å². The van der Waals surface area contributed by atoms with E-state index >= 15 is 0 Å². The molecule has 0 saturated carbocycles. The molecular weight excluding hydrogens is 239 g/mol. The van der Waals surface area contributed by atoms with Crippen molar-refractivity contribution in [1.82, 2.24) is 5.32 Å². The second kappa shape index (κ2) is 4.92. The molecule has 1 fully saturated rings. The summed E-state index contributed by atoms with van der Waals surface area (Å²) in [5.41, 5.74) is 2.79. The minimum atomic E-state index is -4.13. The monoisotopic (exact) mass is 257 g/mol. The quantitative estimate of drug-likeness (QED) is 0.804. The lowest BCUT2D eigenvalue weighted by atomic mass is 9.84. The van der Waals surface area contributed by atoms with Gasteiger partial charge in [0, 0.05) is 6.04 Å². The maximum Gasteiger partial charge on any atom is 0.393 e. The maximum absolute atomic E-state index is 13.0. The maximum atomic E-state index is 13.0. The van der Waals surface area contributed by atoms with E-state index in [0.29, 0.717) is 13.0 Å². The lowest BCUT2D eigenvalue weighted by Crippen LogP contribution is -2.41. The number of hydrogen-bond donors (Lipinski definition) is 1. The molecule has 0 radical (unpaired) electrons. The molecule has 0 aromatic heterocycles. The Morgan fingerprint density at radius 3 is 2.56 bits per heavy atom. The number of piperidine rings is 1. The first-order valence-electron chi connectivity index (χ1n) is 6.27. The lowest BCUT2D eigenvalue weighted by Gasteiger charge is -2.35. The van der Waals surface area contributed by atoms with Crippen molar-refractivity contribution < 1.29 is 13.2 Å². The van der Waals surface area contributed by atoms with Crippen molar-refractivity contribution in [2.45, 2.75) is 38.9 Å². The molecule has 2 unspecified atom stereocenters. The van der Waals surface area contributed by atoms with Crippen LogP contribution in [-0.2, 0) is 0 Å². The summed E-state index contributed by atoms with van der Waals surface area (Å²) in [5.74, 6) is -1.27. The van der Waals surface area contributed by atoms with Crippen LogP contribution in [0.3, 0.4) is 0 Å². The molecule has 1 aliphatic heterocycles. The fourth-order valence-electron chi connectivity index (χ4n) is 2.74. The third kappa shape index (κ3) is 2.69. The van der Waals surface area contributed by atoms with Gasteiger partial charge in [-0.15, -0.1) is 0 Å². The van der Waals surface area contributed by atoms with Crippen LogP contribution < -0.4 is 5.32 Å². The molecular formula is C14H18F3N. The smallest absolute Gasteiger partial charge is 0.309 e. The van der Waals surface area contributed by atoms with E-state index in [9.17, 15) is 13.2 Å². The van der Waals surface area contributed by atoms with Crippen LogP contribution in [-0.4, -0.2) is 12.7 Å². The highest BCUT2D eigenvalue weighted by Crippen LogP contribution is 2.41. The molecule has 18 heavy (non-hydrogen) atoms. The van der Waals surface area contributed by atoms with E-state index < -0.39 is 18.1 Å². The van der Waals surface area contributed by atoms with Gasteiger partial charge in [-0.05, 0) is 44.4 Å². The topological polar surface area (TPSA) is 12.0 Å². The highest BCUT2D eigenvalue weighted by atomic mass is 19.4. The van der Waals surface area contributed by atoms with Crippen molar-refractivity contribution in [3.8, 4) is 0 Å². The van der Waals surface area contributed by atoms with Gasteiger partial charge in [0.15, 0.2) is 0 Å². The summed E-state index contributed by atoms with van der Waals surface area (Å²) in [4.78, 5) is 0. The molecule has 100 valence electrons. The van der Waals surface area contributed by atoms with Gasteiger partial charge in [-0.2, -0.15) is 13.2 Å². The standard InChI is InChI=1S/C14H18F3N/c1-9-5-6-11(10(2)8-9)13-12(14(15,16)17)4-3-7-18-13/h5-6,8,12-13,18H,3-4,7H2,1-2H3. The zero-order valence-corrected chi connectivity index (χ0v) is 10.6. The zero-order valence-electron chi connectivity index (χ0n) is 10.6. The van der Waals surface area contributed by atoms with Crippen LogP contribution in [0.1, 0.15) is 35.6 Å². The minimum Gasteiger partial charge on any atom is -0.309 e. The normalized spacial score (nSPS) is 25.2. The van der Waals surface area contributed by atoms with E-state index in [1.165, 1.54) is 0 Å². The molecule has 1 N–H and O–H groups in total. The van der Waals surface area contributed by atoms with Gasteiger partial charge in [-0.1, -0.05) is 23.8 Å². The lowest BCUT2D eigenvalue weighted by molar-refractivity contribution is -0.189. The summed E-state index contributed by atoms with van der Waals surface area (Å²) in [6, 6.07) is 5.05. The van der Waals surface area contributed by atoms with Gasteiger partial charge in [-0.25, -0.2) is 0 Å². The Hall–Kier alpha value is -1.03. The summed E-state index contributed by atoms with van der Waals surface area (Å²) in [7, 11) is 0. The van der Waals surface area contributed by atoms with Crippen LogP contribution in [0.2, 0.25) is 0 Å². The first-order chi connectivity index (χ1) is 8.39. The molecule has 1 aromatic carbocycles. The third-order valence-electron chi connectivity index (χ3n) is 3.64. The third-order valence-corrected chi connectivity index (χ3v) is 3.64. The zero-order chi connectivity index (χ0) is 13.3. The highest BCUT2D eigenvalue weighted by Gasteiger charge is 2.46. The van der Waals surface area contributed by atoms with Crippen molar-refractivity contribution >= 4 is 0 Å². The molecule has 1 nitrogen and oxygen atoms in total. The second-order valence-corrected chi connectivity index (χ2v) is 5.08. The van der Waals surface area contributed by atoms with E-state index in [-0.39, 0.29) is 6.42 Å². The summed E-state index contributed by atoms with van der Waals surface area (Å²) in [6.45, 7) is 4.49. The molecule has 1 saturated heterocycles. The molecule has 1 aromatic rings. The van der Waals surface area contributed by atoms with E-state index in [1.807, 2.05) is 32.0 Å². The van der Waals surface area contributed by atoms with Crippen LogP contribution in [0.15, 0.2) is 18.2 Å². The van der Waals surface area contributed by atoms with Gasteiger partial charge in [0.05, 0.1) is 5.92 Å². The second-order valence-electron chi connectivity index (χ2n) is 5.08. The van der Waals surface area contributed by atoms with E-state index in [1.54, 1.807) is 0 Å². The fraction of sp³-hybridized carbons (Fsp3) is 0.571. The molecule has 2 rings (SSSR count). The van der Waals surface area contributed by atoms with Gasteiger partial charge in [0.1, 0.15) is 0 Å². The van der Waals surface area contributed by atoms with Gasteiger partial charge in [0.2, 0.25) is 0 Å². The van der Waals surface area contributed by atoms with Gasteiger partial charge in [-0.3, -0.25) is 0 Å². The van der Waals surface area contributed by atoms with Crippen molar-refractivity contribution in [2.24, 2.45) is 5.92 Å². The molecule has 0 aliphatic carbocycles. The molecule has 0 amide bonds. The minimum absolute atomic E-state index is 0.217. The fourth-order valence-corrected chi connectivity index (χ4v) is 2.74. The molecule has 1 aliphatic rings. The summed E-state index contributed by atoms with van der Waals surface area (Å²) < 4.78 is 39.1. The molecule has 0 bridgehead atoms. The first kappa shape index (κ1) is 13.4. The molecule has 0 spiro atoms. The van der Waals surface area contributed by atoms with Gasteiger partial charge >= 0.3 is 6.18 Å². The van der Waals surface area contributed by atoms with Crippen molar-refractivity contribution in [2.75, 3.05) is 6.54 Å². The number of rotatable bonds is 1.